The van der Waals surface area contributed by atoms with Crippen molar-refractivity contribution in [1.82, 2.24) is 0 Å². The van der Waals surface area contributed by atoms with Crippen LogP contribution in [0.2, 0.25) is 0 Å². The fourth-order valence-corrected chi connectivity index (χ4v) is 3.70. The number of phenols is 1. The fourth-order valence-electron chi connectivity index (χ4n) is 3.70. The van der Waals surface area contributed by atoms with Crippen molar-refractivity contribution in [3.8, 4) is 11.8 Å². The number of aromatic carboxylic acids is 1. The summed E-state index contributed by atoms with van der Waals surface area (Å²) in [6.45, 7) is 0. The van der Waals surface area contributed by atoms with E-state index in [2.05, 4.69) is 0 Å². The summed E-state index contributed by atoms with van der Waals surface area (Å²) < 4.78 is 23.8. The minimum atomic E-state index is -1.80. The van der Waals surface area contributed by atoms with Gasteiger partial charge in [0.25, 0.3) is 0 Å². The van der Waals surface area contributed by atoms with E-state index in [0.29, 0.717) is 5.56 Å². The van der Waals surface area contributed by atoms with Gasteiger partial charge in [0, 0.05) is 0 Å². The molecule has 34 heavy (non-hydrogen) atoms. The topological polar surface area (TPSA) is 163 Å². The molecule has 3 rings (SSSR count). The van der Waals surface area contributed by atoms with E-state index >= 15 is 0 Å². The molecule has 174 valence electrons. The number of hydrogen-bond acceptors (Lipinski definition) is 9. The molecule has 0 amide bonds. The molecule has 0 saturated heterocycles. The standard InChI is InChI=1S/C23H18FN3O7/c1-33-22(31)17-15(11-6-4-3-5-7-11)12(10-25)20(26)27(18(17)23(32)34-2)14-9-8-13(24)16(19(14)28)21(29)30/h3-9,15,28H,26H2,1-2H3,(H,29,30). The third-order valence-corrected chi connectivity index (χ3v) is 5.17. The van der Waals surface area contributed by atoms with Gasteiger partial charge in [0.1, 0.15) is 22.9 Å². The molecule has 1 unspecified atom stereocenters. The van der Waals surface area contributed by atoms with E-state index in [-0.39, 0.29) is 11.1 Å². The number of carbonyl (C=O) groups excluding carboxylic acids is 2. The first-order valence-corrected chi connectivity index (χ1v) is 9.59. The third kappa shape index (κ3) is 3.77. The van der Waals surface area contributed by atoms with Gasteiger partial charge in [-0.3, -0.25) is 4.90 Å². The number of aromatic hydroxyl groups is 1. The minimum absolute atomic E-state index is 0.208. The van der Waals surface area contributed by atoms with Crippen molar-refractivity contribution in [1.29, 1.82) is 5.26 Å². The Morgan fingerprint density at radius 1 is 1.09 bits per heavy atom. The Bertz CT molecular complexity index is 1300. The van der Waals surface area contributed by atoms with Crippen molar-refractivity contribution in [2.75, 3.05) is 19.1 Å². The molecule has 0 spiro atoms. The van der Waals surface area contributed by atoms with E-state index < -0.39 is 58.2 Å². The van der Waals surface area contributed by atoms with Crippen LogP contribution in [0.5, 0.6) is 5.75 Å². The number of anilines is 1. The fraction of sp³-hybridized carbons (Fsp3) is 0.130. The van der Waals surface area contributed by atoms with Gasteiger partial charge in [-0.25, -0.2) is 18.8 Å². The highest BCUT2D eigenvalue weighted by Crippen LogP contribution is 2.45. The SMILES string of the molecule is COC(=O)C1=C(C(=O)OC)N(c2ccc(F)c(C(=O)O)c2O)C(N)=C(C#N)C1c1ccccc1. The lowest BCUT2D eigenvalue weighted by molar-refractivity contribution is -0.139. The van der Waals surface area contributed by atoms with Gasteiger partial charge in [0.15, 0.2) is 5.75 Å². The van der Waals surface area contributed by atoms with Crippen LogP contribution in [0.4, 0.5) is 10.1 Å². The molecule has 0 aliphatic carbocycles. The number of esters is 2. The normalized spacial score (nSPS) is 15.6. The Morgan fingerprint density at radius 2 is 1.71 bits per heavy atom. The molecule has 0 bridgehead atoms. The van der Waals surface area contributed by atoms with Gasteiger partial charge in [0.2, 0.25) is 0 Å². The second-order valence-corrected chi connectivity index (χ2v) is 6.93. The van der Waals surface area contributed by atoms with E-state index in [4.69, 9.17) is 15.2 Å². The Kier molecular flexibility index (Phi) is 6.54. The molecule has 1 heterocycles. The molecule has 1 atom stereocenters. The molecule has 0 saturated carbocycles. The van der Waals surface area contributed by atoms with Gasteiger partial charge in [0.05, 0.1) is 43.0 Å². The third-order valence-electron chi connectivity index (χ3n) is 5.17. The Morgan fingerprint density at radius 3 is 2.24 bits per heavy atom. The maximum absolute atomic E-state index is 14.1. The summed E-state index contributed by atoms with van der Waals surface area (Å²) in [7, 11) is 2.08. The number of carboxylic acids is 1. The average Bonchev–Trinajstić information content (AvgIpc) is 2.83. The first-order valence-electron chi connectivity index (χ1n) is 9.59. The van der Waals surface area contributed by atoms with Crippen LogP contribution >= 0.6 is 0 Å². The van der Waals surface area contributed by atoms with E-state index in [9.17, 15) is 34.2 Å². The minimum Gasteiger partial charge on any atom is -0.505 e. The summed E-state index contributed by atoms with van der Waals surface area (Å²) in [5, 5.41) is 29.9. The first-order chi connectivity index (χ1) is 16.2. The number of nitriles is 1. The zero-order chi connectivity index (χ0) is 25.2. The number of nitrogens with zero attached hydrogens (tertiary/aromatic N) is 2. The molecular weight excluding hydrogens is 449 g/mol. The van der Waals surface area contributed by atoms with E-state index in [1.807, 2.05) is 6.07 Å². The maximum atomic E-state index is 14.1. The van der Waals surface area contributed by atoms with Gasteiger partial charge in [-0.2, -0.15) is 5.26 Å². The number of carbonyl (C=O) groups is 3. The van der Waals surface area contributed by atoms with Gasteiger partial charge in [-0.05, 0) is 17.7 Å². The van der Waals surface area contributed by atoms with Crippen molar-refractivity contribution in [2.24, 2.45) is 5.73 Å². The first kappa shape index (κ1) is 23.8. The Hall–Kier alpha value is -4.85. The predicted octanol–water partition coefficient (Wildman–Crippen LogP) is 2.13. The zero-order valence-electron chi connectivity index (χ0n) is 17.9. The van der Waals surface area contributed by atoms with Gasteiger partial charge in [-0.1, -0.05) is 30.3 Å². The van der Waals surface area contributed by atoms with Gasteiger partial charge >= 0.3 is 17.9 Å². The van der Waals surface area contributed by atoms with Gasteiger partial charge in [-0.15, -0.1) is 0 Å². The van der Waals surface area contributed by atoms with Crippen LogP contribution in [-0.2, 0) is 19.1 Å². The molecule has 10 nitrogen and oxygen atoms in total. The number of nitrogens with two attached hydrogens (primary N) is 1. The van der Waals surface area contributed by atoms with E-state index in [0.717, 1.165) is 31.3 Å². The van der Waals surface area contributed by atoms with Crippen LogP contribution < -0.4 is 10.6 Å². The molecule has 1 aliphatic rings. The number of halogens is 1. The van der Waals surface area contributed by atoms with Crippen LogP contribution in [0.1, 0.15) is 21.8 Å². The summed E-state index contributed by atoms with van der Waals surface area (Å²) in [6.07, 6.45) is 0. The van der Waals surface area contributed by atoms with Crippen LogP contribution in [0.3, 0.4) is 0 Å². The number of rotatable bonds is 5. The molecule has 2 aromatic rings. The highest BCUT2D eigenvalue weighted by molar-refractivity contribution is 6.07. The second-order valence-electron chi connectivity index (χ2n) is 6.93. The lowest BCUT2D eigenvalue weighted by Crippen LogP contribution is -2.41. The largest absolute Gasteiger partial charge is 0.505 e. The molecule has 0 radical (unpaired) electrons. The predicted molar refractivity (Wildman–Crippen MR) is 115 cm³/mol. The van der Waals surface area contributed by atoms with Crippen LogP contribution in [-0.4, -0.2) is 42.3 Å². The van der Waals surface area contributed by atoms with E-state index in [1.54, 1.807) is 30.3 Å². The molecule has 0 fully saturated rings. The molecular formula is C23H18FN3O7. The van der Waals surface area contributed by atoms with Crippen molar-refractivity contribution < 1.29 is 38.5 Å². The number of carboxylic acid groups (broad SMARTS) is 1. The van der Waals surface area contributed by atoms with Crippen molar-refractivity contribution in [2.45, 2.75) is 5.92 Å². The molecule has 11 heteroatoms. The second kappa shape index (κ2) is 9.33. The lowest BCUT2D eigenvalue weighted by Gasteiger charge is -2.36. The van der Waals surface area contributed by atoms with Crippen molar-refractivity contribution >= 4 is 23.6 Å². The highest BCUT2D eigenvalue weighted by Gasteiger charge is 2.44. The maximum Gasteiger partial charge on any atom is 0.355 e. The zero-order valence-corrected chi connectivity index (χ0v) is 17.9. The smallest absolute Gasteiger partial charge is 0.355 e. The summed E-state index contributed by atoms with van der Waals surface area (Å²) in [5.74, 6) is -7.84. The summed E-state index contributed by atoms with van der Waals surface area (Å²) in [4.78, 5) is 38.2. The number of allylic oxidation sites excluding steroid dienone is 1. The van der Waals surface area contributed by atoms with Gasteiger partial charge < -0.3 is 25.4 Å². The molecule has 1 aliphatic heterocycles. The molecule has 0 aromatic heterocycles. The average molecular weight is 467 g/mol. The molecule has 4 N–H and O–H groups in total. The monoisotopic (exact) mass is 467 g/mol. The number of methoxy groups -OCH3 is 2. The Balaban J connectivity index is 2.48. The quantitative estimate of drug-likeness (QED) is 0.555. The summed E-state index contributed by atoms with van der Waals surface area (Å²) in [5.41, 5.74) is 3.98. The number of benzene rings is 2. The Labute approximate surface area is 192 Å². The lowest BCUT2D eigenvalue weighted by atomic mass is 9.81. The summed E-state index contributed by atoms with van der Waals surface area (Å²) in [6, 6.07) is 11.8. The summed E-state index contributed by atoms with van der Waals surface area (Å²) >= 11 is 0. The number of hydrogen-bond donors (Lipinski definition) is 3. The highest BCUT2D eigenvalue weighted by atomic mass is 19.1. The van der Waals surface area contributed by atoms with Crippen LogP contribution in [0.15, 0.2) is 65.1 Å². The van der Waals surface area contributed by atoms with Crippen molar-refractivity contribution in [3.63, 3.8) is 0 Å². The molecule has 2 aromatic carbocycles. The van der Waals surface area contributed by atoms with Crippen LogP contribution in [0, 0.1) is 17.1 Å². The number of ether oxygens (including phenoxy) is 2. The van der Waals surface area contributed by atoms with Crippen LogP contribution in [0.25, 0.3) is 0 Å². The van der Waals surface area contributed by atoms with Crippen molar-refractivity contribution in [3.05, 3.63) is 82.1 Å². The van der Waals surface area contributed by atoms with E-state index in [1.165, 1.54) is 0 Å².